The molecule has 0 heterocycles. The number of anilines is 1. The fourth-order valence-electron chi connectivity index (χ4n) is 2.85. The Morgan fingerprint density at radius 3 is 2.24 bits per heavy atom. The van der Waals surface area contributed by atoms with Crippen LogP contribution in [0, 0.1) is 0 Å². The van der Waals surface area contributed by atoms with Gasteiger partial charge in [-0.1, -0.05) is 0 Å². The van der Waals surface area contributed by atoms with Crippen LogP contribution in [-0.2, 0) is 14.3 Å². The van der Waals surface area contributed by atoms with Gasteiger partial charge in [0.15, 0.2) is 0 Å². The minimum Gasteiger partial charge on any atom is -0.497 e. The minimum atomic E-state index is -0.668. The third-order valence-corrected chi connectivity index (χ3v) is 4.17. The predicted molar refractivity (Wildman–Crippen MR) is 80.6 cm³/mol. The van der Waals surface area contributed by atoms with Crippen molar-refractivity contribution in [1.29, 1.82) is 0 Å². The quantitative estimate of drug-likeness (QED) is 0.846. The van der Waals surface area contributed by atoms with E-state index in [1.165, 1.54) is 7.11 Å². The third-order valence-electron chi connectivity index (χ3n) is 4.17. The van der Waals surface area contributed by atoms with Crippen LogP contribution in [0.15, 0.2) is 24.3 Å². The van der Waals surface area contributed by atoms with Gasteiger partial charge in [0, 0.05) is 12.8 Å². The highest BCUT2D eigenvalue weighted by molar-refractivity contribution is 5.84. The molecule has 1 N–H and O–H groups in total. The Hall–Kier alpha value is -1.75. The molecule has 1 aliphatic rings. The average molecular weight is 293 g/mol. The Kier molecular flexibility index (Phi) is 5.07. The van der Waals surface area contributed by atoms with Crippen LogP contribution in [0.1, 0.15) is 25.7 Å². The number of carbonyl (C=O) groups is 1. The highest BCUT2D eigenvalue weighted by Crippen LogP contribution is 2.34. The van der Waals surface area contributed by atoms with Crippen molar-refractivity contribution in [3.63, 3.8) is 0 Å². The molecular formula is C16H23NO4. The van der Waals surface area contributed by atoms with E-state index in [9.17, 15) is 4.79 Å². The van der Waals surface area contributed by atoms with E-state index >= 15 is 0 Å². The summed E-state index contributed by atoms with van der Waals surface area (Å²) in [5.74, 6) is 0.573. The van der Waals surface area contributed by atoms with E-state index < -0.39 is 5.54 Å². The van der Waals surface area contributed by atoms with Gasteiger partial charge < -0.3 is 19.5 Å². The zero-order valence-corrected chi connectivity index (χ0v) is 12.8. The molecule has 1 fully saturated rings. The molecule has 2 rings (SSSR count). The van der Waals surface area contributed by atoms with E-state index in [0.29, 0.717) is 12.8 Å². The van der Waals surface area contributed by atoms with Crippen molar-refractivity contribution in [2.24, 2.45) is 0 Å². The summed E-state index contributed by atoms with van der Waals surface area (Å²) in [6.07, 6.45) is 3.30. The third kappa shape index (κ3) is 3.47. The van der Waals surface area contributed by atoms with Crippen molar-refractivity contribution in [1.82, 2.24) is 0 Å². The van der Waals surface area contributed by atoms with Crippen LogP contribution >= 0.6 is 0 Å². The second-order valence-corrected chi connectivity index (χ2v) is 5.36. The van der Waals surface area contributed by atoms with Gasteiger partial charge in [-0.15, -0.1) is 0 Å². The monoisotopic (exact) mass is 293 g/mol. The number of ether oxygens (including phenoxy) is 3. The molecule has 0 aromatic heterocycles. The lowest BCUT2D eigenvalue weighted by molar-refractivity contribution is -0.148. The molecule has 0 atom stereocenters. The van der Waals surface area contributed by atoms with Crippen LogP contribution in [0.4, 0.5) is 5.69 Å². The first kappa shape index (κ1) is 15.6. The SMILES string of the molecule is COC(=O)C1(Nc2ccc(OC)cc2)CCC(OC)CC1. The maximum atomic E-state index is 12.3. The van der Waals surface area contributed by atoms with E-state index in [2.05, 4.69) is 5.32 Å². The first-order valence-corrected chi connectivity index (χ1v) is 7.17. The highest BCUT2D eigenvalue weighted by atomic mass is 16.5. The van der Waals surface area contributed by atoms with Gasteiger partial charge in [-0.05, 0) is 49.9 Å². The summed E-state index contributed by atoms with van der Waals surface area (Å²) in [5, 5.41) is 3.36. The van der Waals surface area contributed by atoms with Crippen molar-refractivity contribution in [2.75, 3.05) is 26.6 Å². The lowest BCUT2D eigenvalue weighted by atomic mass is 9.80. The number of nitrogens with one attached hydrogen (secondary N) is 1. The van der Waals surface area contributed by atoms with Crippen LogP contribution in [0.2, 0.25) is 0 Å². The van der Waals surface area contributed by atoms with Crippen LogP contribution in [0.25, 0.3) is 0 Å². The molecule has 1 aliphatic carbocycles. The van der Waals surface area contributed by atoms with Gasteiger partial charge in [-0.3, -0.25) is 0 Å². The number of hydrogen-bond donors (Lipinski definition) is 1. The lowest BCUT2D eigenvalue weighted by Crippen LogP contribution is -2.50. The van der Waals surface area contributed by atoms with Gasteiger partial charge in [0.1, 0.15) is 11.3 Å². The Morgan fingerprint density at radius 2 is 1.76 bits per heavy atom. The molecule has 0 radical (unpaired) electrons. The molecule has 21 heavy (non-hydrogen) atoms. The summed E-state index contributed by atoms with van der Waals surface area (Å²) < 4.78 is 15.5. The molecule has 1 aromatic rings. The molecule has 0 aliphatic heterocycles. The minimum absolute atomic E-state index is 0.215. The number of benzene rings is 1. The molecule has 0 amide bonds. The topological polar surface area (TPSA) is 56.8 Å². The van der Waals surface area contributed by atoms with Gasteiger partial charge in [-0.2, -0.15) is 0 Å². The fraction of sp³-hybridized carbons (Fsp3) is 0.562. The average Bonchev–Trinajstić information content (AvgIpc) is 2.55. The Labute approximate surface area is 125 Å². The van der Waals surface area contributed by atoms with Crippen molar-refractivity contribution in [3.05, 3.63) is 24.3 Å². The van der Waals surface area contributed by atoms with E-state index in [1.807, 2.05) is 24.3 Å². The normalized spacial score (nSPS) is 25.2. The molecule has 0 saturated heterocycles. The molecule has 5 heteroatoms. The summed E-state index contributed by atoms with van der Waals surface area (Å²) in [7, 11) is 4.78. The van der Waals surface area contributed by atoms with Gasteiger partial charge in [0.05, 0.1) is 20.3 Å². The van der Waals surface area contributed by atoms with E-state index in [0.717, 1.165) is 24.3 Å². The first-order valence-electron chi connectivity index (χ1n) is 7.17. The molecule has 5 nitrogen and oxygen atoms in total. The maximum absolute atomic E-state index is 12.3. The van der Waals surface area contributed by atoms with Crippen molar-refractivity contribution in [3.8, 4) is 5.75 Å². The standard InChI is InChI=1S/C16H23NO4/c1-19-13-6-4-12(5-7-13)17-16(15(18)21-3)10-8-14(20-2)9-11-16/h4-7,14,17H,8-11H2,1-3H3. The molecule has 0 bridgehead atoms. The largest absolute Gasteiger partial charge is 0.497 e. The van der Waals surface area contributed by atoms with Crippen LogP contribution in [0.3, 0.4) is 0 Å². The number of hydrogen-bond acceptors (Lipinski definition) is 5. The Balaban J connectivity index is 2.14. The highest BCUT2D eigenvalue weighted by Gasteiger charge is 2.43. The summed E-state index contributed by atoms with van der Waals surface area (Å²) in [5.41, 5.74) is 0.218. The van der Waals surface area contributed by atoms with Crippen LogP contribution in [-0.4, -0.2) is 38.9 Å². The summed E-state index contributed by atoms with van der Waals surface area (Å²) in [6.45, 7) is 0. The maximum Gasteiger partial charge on any atom is 0.331 e. The summed E-state index contributed by atoms with van der Waals surface area (Å²) in [6, 6.07) is 7.56. The zero-order valence-electron chi connectivity index (χ0n) is 12.8. The second kappa shape index (κ2) is 6.80. The Morgan fingerprint density at radius 1 is 1.14 bits per heavy atom. The molecule has 0 unspecified atom stereocenters. The van der Waals surface area contributed by atoms with Gasteiger partial charge in [0.2, 0.25) is 0 Å². The van der Waals surface area contributed by atoms with Gasteiger partial charge in [-0.25, -0.2) is 4.79 Å². The number of carbonyl (C=O) groups excluding carboxylic acids is 1. The molecular weight excluding hydrogens is 270 g/mol. The fourth-order valence-corrected chi connectivity index (χ4v) is 2.85. The van der Waals surface area contributed by atoms with Crippen molar-refractivity contribution >= 4 is 11.7 Å². The molecule has 1 aromatic carbocycles. The second-order valence-electron chi connectivity index (χ2n) is 5.36. The Bertz CT molecular complexity index is 464. The first-order chi connectivity index (χ1) is 10.1. The van der Waals surface area contributed by atoms with Crippen LogP contribution in [0.5, 0.6) is 5.75 Å². The van der Waals surface area contributed by atoms with Gasteiger partial charge >= 0.3 is 5.97 Å². The lowest BCUT2D eigenvalue weighted by Gasteiger charge is -2.38. The van der Waals surface area contributed by atoms with Crippen LogP contribution < -0.4 is 10.1 Å². The van der Waals surface area contributed by atoms with Gasteiger partial charge in [0.25, 0.3) is 0 Å². The molecule has 1 saturated carbocycles. The number of methoxy groups -OCH3 is 3. The number of esters is 1. The predicted octanol–water partition coefficient (Wildman–Crippen LogP) is 2.61. The zero-order chi connectivity index (χ0) is 15.3. The summed E-state index contributed by atoms with van der Waals surface area (Å²) >= 11 is 0. The van der Waals surface area contributed by atoms with Crippen molar-refractivity contribution in [2.45, 2.75) is 37.3 Å². The molecule has 116 valence electrons. The molecule has 0 spiro atoms. The smallest absolute Gasteiger partial charge is 0.331 e. The summed E-state index contributed by atoms with van der Waals surface area (Å²) in [4.78, 5) is 12.3. The van der Waals surface area contributed by atoms with Crippen molar-refractivity contribution < 1.29 is 19.0 Å². The van der Waals surface area contributed by atoms with E-state index in [-0.39, 0.29) is 12.1 Å². The van der Waals surface area contributed by atoms with E-state index in [1.54, 1.807) is 14.2 Å². The number of rotatable bonds is 5. The van der Waals surface area contributed by atoms with E-state index in [4.69, 9.17) is 14.2 Å².